The molecule has 5 rings (SSSR count). The first-order valence-electron chi connectivity index (χ1n) is 13.7. The van der Waals surface area contributed by atoms with Crippen LogP contribution >= 0.6 is 0 Å². The smallest absolute Gasteiger partial charge is 0.0594 e. The van der Waals surface area contributed by atoms with Crippen molar-refractivity contribution in [2.24, 2.45) is 16.7 Å². The molecule has 2 saturated carbocycles. The average Bonchev–Trinajstić information content (AvgIpc) is 3.57. The van der Waals surface area contributed by atoms with Gasteiger partial charge in [0.05, 0.1) is 13.2 Å². The lowest BCUT2D eigenvalue weighted by Gasteiger charge is -2.46. The van der Waals surface area contributed by atoms with E-state index in [1.54, 1.807) is 5.56 Å². The zero-order valence-electron chi connectivity index (χ0n) is 21.7. The third-order valence-corrected chi connectivity index (χ3v) is 8.52. The molecule has 4 nitrogen and oxygen atoms in total. The molecular weight excluding hydrogens is 406 g/mol. The van der Waals surface area contributed by atoms with Crippen LogP contribution in [0.1, 0.15) is 76.8 Å². The number of anilines is 1. The summed E-state index contributed by atoms with van der Waals surface area (Å²) in [6.07, 6.45) is 6.88. The molecule has 0 aromatic heterocycles. The van der Waals surface area contributed by atoms with Crippen LogP contribution in [0.25, 0.3) is 0 Å². The zero-order chi connectivity index (χ0) is 23.1. The molecule has 4 fully saturated rings. The van der Waals surface area contributed by atoms with Gasteiger partial charge in [0.25, 0.3) is 0 Å². The zero-order valence-corrected chi connectivity index (χ0v) is 21.7. The summed E-state index contributed by atoms with van der Waals surface area (Å²) in [6.45, 7) is 21.1. The predicted octanol–water partition coefficient (Wildman–Crippen LogP) is 5.37. The molecule has 0 radical (unpaired) electrons. The van der Waals surface area contributed by atoms with E-state index in [0.717, 1.165) is 38.8 Å². The molecule has 2 aliphatic heterocycles. The van der Waals surface area contributed by atoms with Crippen molar-refractivity contribution in [3.05, 3.63) is 29.3 Å². The summed E-state index contributed by atoms with van der Waals surface area (Å²) in [5.74, 6) is 1.66. The Morgan fingerprint density at radius 3 is 2.15 bits per heavy atom. The molecule has 0 bridgehead atoms. The van der Waals surface area contributed by atoms with Crippen LogP contribution in [-0.4, -0.2) is 68.8 Å². The van der Waals surface area contributed by atoms with Crippen LogP contribution in [0.3, 0.4) is 0 Å². The van der Waals surface area contributed by atoms with Gasteiger partial charge in [-0.2, -0.15) is 0 Å². The summed E-state index contributed by atoms with van der Waals surface area (Å²) < 4.78 is 5.58. The van der Waals surface area contributed by atoms with Gasteiger partial charge < -0.3 is 9.64 Å². The van der Waals surface area contributed by atoms with Gasteiger partial charge in [-0.1, -0.05) is 39.8 Å². The van der Waals surface area contributed by atoms with Crippen molar-refractivity contribution in [3.8, 4) is 0 Å². The van der Waals surface area contributed by atoms with Crippen LogP contribution in [0.15, 0.2) is 18.2 Å². The Balaban J connectivity index is 1.38. The van der Waals surface area contributed by atoms with Gasteiger partial charge in [0.1, 0.15) is 0 Å². The maximum Gasteiger partial charge on any atom is 0.0594 e. The topological polar surface area (TPSA) is 19.0 Å². The van der Waals surface area contributed by atoms with E-state index in [1.807, 2.05) is 0 Å². The van der Waals surface area contributed by atoms with Gasteiger partial charge in [0, 0.05) is 58.0 Å². The van der Waals surface area contributed by atoms with E-state index in [-0.39, 0.29) is 0 Å². The average molecular weight is 454 g/mol. The molecule has 0 N–H and O–H groups in total. The first-order valence-corrected chi connectivity index (χ1v) is 13.7. The van der Waals surface area contributed by atoms with Crippen molar-refractivity contribution in [2.75, 3.05) is 63.9 Å². The summed E-state index contributed by atoms with van der Waals surface area (Å²) in [5.41, 5.74) is 5.48. The van der Waals surface area contributed by atoms with E-state index in [4.69, 9.17) is 4.74 Å². The van der Waals surface area contributed by atoms with Gasteiger partial charge in [-0.05, 0) is 72.0 Å². The molecule has 0 atom stereocenters. The molecule has 184 valence electrons. The van der Waals surface area contributed by atoms with Crippen molar-refractivity contribution >= 4 is 5.69 Å². The minimum atomic E-state index is 0.410. The fourth-order valence-electron chi connectivity index (χ4n) is 7.24. The molecule has 2 heterocycles. The SMILES string of the molecule is CC1(C)CC(c2cc(CN3CCOCC3)ccc2N2CCN(CC3CC3)CC2)CC(C)(C)C1. The Labute approximate surface area is 202 Å². The molecular formula is C29H47N3O. The third kappa shape index (κ3) is 6.13. The highest BCUT2D eigenvalue weighted by atomic mass is 16.5. The van der Waals surface area contributed by atoms with Crippen molar-refractivity contribution in [2.45, 2.75) is 72.3 Å². The third-order valence-electron chi connectivity index (χ3n) is 8.52. The van der Waals surface area contributed by atoms with E-state index in [0.29, 0.717) is 16.7 Å². The summed E-state index contributed by atoms with van der Waals surface area (Å²) in [4.78, 5) is 7.99. The first kappa shape index (κ1) is 23.6. The number of rotatable bonds is 6. The molecule has 2 saturated heterocycles. The molecule has 0 unspecified atom stereocenters. The van der Waals surface area contributed by atoms with E-state index in [2.05, 4.69) is 60.6 Å². The number of benzene rings is 1. The molecule has 1 aromatic carbocycles. The Bertz CT molecular complexity index is 785. The standard InChI is InChI=1S/C29H47N3O/c1-28(2)18-25(19-29(3,4)22-28)26-17-24(21-31-13-15-33-16-14-31)7-8-27(26)32-11-9-30(10-12-32)20-23-5-6-23/h7-8,17,23,25H,5-6,9-16,18-22H2,1-4H3. The Morgan fingerprint density at radius 2 is 1.52 bits per heavy atom. The molecule has 1 aromatic rings. The predicted molar refractivity (Wildman–Crippen MR) is 138 cm³/mol. The molecule has 33 heavy (non-hydrogen) atoms. The highest BCUT2D eigenvalue weighted by Crippen LogP contribution is 2.53. The van der Waals surface area contributed by atoms with Crippen molar-refractivity contribution in [1.29, 1.82) is 0 Å². The Hall–Kier alpha value is -1.10. The quantitative estimate of drug-likeness (QED) is 0.576. The number of piperazine rings is 1. The van der Waals surface area contributed by atoms with Crippen molar-refractivity contribution in [1.82, 2.24) is 9.80 Å². The van der Waals surface area contributed by atoms with Crippen LogP contribution in [-0.2, 0) is 11.3 Å². The maximum absolute atomic E-state index is 5.58. The largest absolute Gasteiger partial charge is 0.379 e. The number of hydrogen-bond donors (Lipinski definition) is 0. The highest BCUT2D eigenvalue weighted by molar-refractivity contribution is 5.57. The fraction of sp³-hybridized carbons (Fsp3) is 0.793. The van der Waals surface area contributed by atoms with E-state index >= 15 is 0 Å². The van der Waals surface area contributed by atoms with Crippen LogP contribution in [0.5, 0.6) is 0 Å². The number of ether oxygens (including phenoxy) is 1. The molecule has 4 aliphatic rings. The summed E-state index contributed by atoms with van der Waals surface area (Å²) in [7, 11) is 0. The van der Waals surface area contributed by atoms with Crippen LogP contribution < -0.4 is 4.90 Å². The highest BCUT2D eigenvalue weighted by Gasteiger charge is 2.40. The molecule has 0 spiro atoms. The van der Waals surface area contributed by atoms with Crippen LogP contribution in [0.4, 0.5) is 5.69 Å². The fourth-order valence-corrected chi connectivity index (χ4v) is 7.24. The number of hydrogen-bond acceptors (Lipinski definition) is 4. The van der Waals surface area contributed by atoms with E-state index in [1.165, 1.54) is 76.1 Å². The van der Waals surface area contributed by atoms with Gasteiger partial charge >= 0.3 is 0 Å². The van der Waals surface area contributed by atoms with Crippen molar-refractivity contribution in [3.63, 3.8) is 0 Å². The summed E-state index contributed by atoms with van der Waals surface area (Å²) in [6, 6.07) is 7.50. The van der Waals surface area contributed by atoms with E-state index in [9.17, 15) is 0 Å². The second kappa shape index (κ2) is 9.51. The second-order valence-electron chi connectivity index (χ2n) is 13.1. The second-order valence-corrected chi connectivity index (χ2v) is 13.1. The number of nitrogens with zero attached hydrogens (tertiary/aromatic N) is 3. The van der Waals surface area contributed by atoms with Gasteiger partial charge in [0.2, 0.25) is 0 Å². The molecule has 0 amide bonds. The van der Waals surface area contributed by atoms with Crippen LogP contribution in [0, 0.1) is 16.7 Å². The Kier molecular flexibility index (Phi) is 6.81. The summed E-state index contributed by atoms with van der Waals surface area (Å²) in [5, 5.41) is 0. The van der Waals surface area contributed by atoms with Crippen molar-refractivity contribution < 1.29 is 4.74 Å². The lowest BCUT2D eigenvalue weighted by atomic mass is 9.60. The van der Waals surface area contributed by atoms with E-state index < -0.39 is 0 Å². The van der Waals surface area contributed by atoms with Gasteiger partial charge in [-0.15, -0.1) is 0 Å². The van der Waals surface area contributed by atoms with Gasteiger partial charge in [-0.25, -0.2) is 0 Å². The molecule has 4 heteroatoms. The summed E-state index contributed by atoms with van der Waals surface area (Å²) >= 11 is 0. The first-order chi connectivity index (χ1) is 15.8. The van der Waals surface area contributed by atoms with Gasteiger partial charge in [0.15, 0.2) is 0 Å². The Morgan fingerprint density at radius 1 is 0.848 bits per heavy atom. The monoisotopic (exact) mass is 453 g/mol. The van der Waals surface area contributed by atoms with Crippen LogP contribution in [0.2, 0.25) is 0 Å². The molecule has 2 aliphatic carbocycles. The van der Waals surface area contributed by atoms with Gasteiger partial charge in [-0.3, -0.25) is 9.80 Å². The lowest BCUT2D eigenvalue weighted by molar-refractivity contribution is 0.0341. The minimum absolute atomic E-state index is 0.410. The minimum Gasteiger partial charge on any atom is -0.379 e. The normalized spacial score (nSPS) is 27.1. The maximum atomic E-state index is 5.58. The number of morpholine rings is 1. The lowest BCUT2D eigenvalue weighted by Crippen LogP contribution is -2.47.